The van der Waals surface area contributed by atoms with Gasteiger partial charge in [-0.05, 0) is 12.8 Å². The Morgan fingerprint density at radius 2 is 2.55 bits per heavy atom. The van der Waals surface area contributed by atoms with Gasteiger partial charge in [-0.3, -0.25) is 4.79 Å². The molecule has 0 unspecified atom stereocenters. The number of carbonyl (C=O) groups is 1. The van der Waals surface area contributed by atoms with Crippen LogP contribution in [-0.4, -0.2) is 31.0 Å². The number of alkyl halides is 1. The molecule has 0 bridgehead atoms. The quantitative estimate of drug-likeness (QED) is 0.639. The van der Waals surface area contributed by atoms with Crippen molar-refractivity contribution in [3.63, 3.8) is 0 Å². The van der Waals surface area contributed by atoms with Gasteiger partial charge in [0.15, 0.2) is 0 Å². The lowest BCUT2D eigenvalue weighted by atomic mass is 10.2. The fraction of sp³-hybridized carbons (Fsp3) is 0.857. The van der Waals surface area contributed by atoms with Crippen molar-refractivity contribution in [2.24, 2.45) is 0 Å². The molecule has 0 aromatic heterocycles. The van der Waals surface area contributed by atoms with Gasteiger partial charge >= 0.3 is 0 Å². The Hall–Kier alpha value is -0.280. The SMILES string of the molecule is O=C(CCl)NC[C@H]1CCCO1. The van der Waals surface area contributed by atoms with Crippen LogP contribution in [-0.2, 0) is 9.53 Å². The van der Waals surface area contributed by atoms with E-state index in [2.05, 4.69) is 5.32 Å². The average molecular weight is 178 g/mol. The van der Waals surface area contributed by atoms with Crippen molar-refractivity contribution in [3.8, 4) is 0 Å². The molecule has 1 saturated heterocycles. The molecule has 1 rings (SSSR count). The summed E-state index contributed by atoms with van der Waals surface area (Å²) in [5.41, 5.74) is 0. The molecule has 1 fully saturated rings. The maximum Gasteiger partial charge on any atom is 0.235 e. The van der Waals surface area contributed by atoms with E-state index in [-0.39, 0.29) is 17.9 Å². The molecule has 0 aromatic rings. The molecular weight excluding hydrogens is 166 g/mol. The van der Waals surface area contributed by atoms with Crippen molar-refractivity contribution in [1.82, 2.24) is 5.32 Å². The summed E-state index contributed by atoms with van der Waals surface area (Å²) in [6, 6.07) is 0. The molecule has 11 heavy (non-hydrogen) atoms. The second-order valence-electron chi connectivity index (χ2n) is 2.57. The zero-order valence-electron chi connectivity index (χ0n) is 6.31. The summed E-state index contributed by atoms with van der Waals surface area (Å²) in [5, 5.41) is 2.68. The van der Waals surface area contributed by atoms with Crippen molar-refractivity contribution in [2.45, 2.75) is 18.9 Å². The number of nitrogens with one attached hydrogen (secondary N) is 1. The summed E-state index contributed by atoms with van der Waals surface area (Å²) in [7, 11) is 0. The summed E-state index contributed by atoms with van der Waals surface area (Å²) in [5.74, 6) is -0.0885. The van der Waals surface area contributed by atoms with E-state index in [1.165, 1.54) is 0 Å². The third-order valence-corrected chi connectivity index (χ3v) is 1.92. The van der Waals surface area contributed by atoms with Gasteiger partial charge in [-0.25, -0.2) is 0 Å². The van der Waals surface area contributed by atoms with Gasteiger partial charge in [0.2, 0.25) is 5.91 Å². The highest BCUT2D eigenvalue weighted by molar-refractivity contribution is 6.27. The smallest absolute Gasteiger partial charge is 0.235 e. The predicted molar refractivity (Wildman–Crippen MR) is 42.7 cm³/mol. The van der Waals surface area contributed by atoms with Crippen molar-refractivity contribution < 1.29 is 9.53 Å². The van der Waals surface area contributed by atoms with Gasteiger partial charge in [0, 0.05) is 13.2 Å². The first-order valence-electron chi connectivity index (χ1n) is 3.77. The van der Waals surface area contributed by atoms with Crippen molar-refractivity contribution >= 4 is 17.5 Å². The van der Waals surface area contributed by atoms with E-state index in [0.29, 0.717) is 6.54 Å². The van der Waals surface area contributed by atoms with Crippen LogP contribution in [0.1, 0.15) is 12.8 Å². The lowest BCUT2D eigenvalue weighted by molar-refractivity contribution is -0.119. The highest BCUT2D eigenvalue weighted by atomic mass is 35.5. The molecule has 1 atom stereocenters. The van der Waals surface area contributed by atoms with Crippen LogP contribution in [0.3, 0.4) is 0 Å². The molecule has 64 valence electrons. The van der Waals surface area contributed by atoms with Gasteiger partial charge in [0.25, 0.3) is 0 Å². The van der Waals surface area contributed by atoms with Crippen molar-refractivity contribution in [1.29, 1.82) is 0 Å². The minimum atomic E-state index is -0.123. The van der Waals surface area contributed by atoms with Crippen LogP contribution in [0, 0.1) is 0 Å². The number of halogens is 1. The molecule has 0 radical (unpaired) electrons. The van der Waals surface area contributed by atoms with Gasteiger partial charge in [0.05, 0.1) is 6.10 Å². The van der Waals surface area contributed by atoms with Gasteiger partial charge < -0.3 is 10.1 Å². The van der Waals surface area contributed by atoms with E-state index in [1.807, 2.05) is 0 Å². The van der Waals surface area contributed by atoms with E-state index < -0.39 is 0 Å². The lowest BCUT2D eigenvalue weighted by Crippen LogP contribution is -2.32. The lowest BCUT2D eigenvalue weighted by Gasteiger charge is -2.08. The minimum absolute atomic E-state index is 0.0344. The van der Waals surface area contributed by atoms with E-state index in [1.54, 1.807) is 0 Å². The third kappa shape index (κ3) is 3.08. The fourth-order valence-corrected chi connectivity index (χ4v) is 1.17. The first-order chi connectivity index (χ1) is 5.33. The van der Waals surface area contributed by atoms with Gasteiger partial charge in [0.1, 0.15) is 5.88 Å². The normalized spacial score (nSPS) is 23.5. The van der Waals surface area contributed by atoms with Crippen molar-refractivity contribution in [3.05, 3.63) is 0 Å². The number of carbonyl (C=O) groups excluding carboxylic acids is 1. The largest absolute Gasteiger partial charge is 0.376 e. The number of amides is 1. The van der Waals surface area contributed by atoms with Gasteiger partial charge in [-0.2, -0.15) is 0 Å². The predicted octanol–water partition coefficient (Wildman–Crippen LogP) is 0.520. The molecule has 1 amide bonds. The Morgan fingerprint density at radius 3 is 3.09 bits per heavy atom. The Bertz CT molecular complexity index is 134. The van der Waals surface area contributed by atoms with Crippen LogP contribution in [0.4, 0.5) is 0 Å². The summed E-state index contributed by atoms with van der Waals surface area (Å²) in [6.45, 7) is 1.42. The van der Waals surface area contributed by atoms with Crippen LogP contribution < -0.4 is 5.32 Å². The third-order valence-electron chi connectivity index (χ3n) is 1.67. The molecule has 3 nitrogen and oxygen atoms in total. The number of ether oxygens (including phenoxy) is 1. The topological polar surface area (TPSA) is 38.3 Å². The Balaban J connectivity index is 2.06. The Labute approximate surface area is 71.1 Å². The summed E-state index contributed by atoms with van der Waals surface area (Å²) < 4.78 is 5.29. The van der Waals surface area contributed by atoms with Gasteiger partial charge in [-0.1, -0.05) is 0 Å². The number of hydrogen-bond donors (Lipinski definition) is 1. The highest BCUT2D eigenvalue weighted by Crippen LogP contribution is 2.10. The van der Waals surface area contributed by atoms with E-state index in [0.717, 1.165) is 19.4 Å². The van der Waals surface area contributed by atoms with Crippen LogP contribution in [0.2, 0.25) is 0 Å². The van der Waals surface area contributed by atoms with Gasteiger partial charge in [-0.15, -0.1) is 11.6 Å². The standard InChI is InChI=1S/C7H12ClNO2/c8-4-7(10)9-5-6-2-1-3-11-6/h6H,1-5H2,(H,9,10)/t6-/m1/s1. The molecule has 1 heterocycles. The summed E-state index contributed by atoms with van der Waals surface area (Å²) in [6.07, 6.45) is 2.35. The second kappa shape index (κ2) is 4.57. The molecule has 1 N–H and O–H groups in total. The molecule has 4 heteroatoms. The zero-order valence-corrected chi connectivity index (χ0v) is 7.06. The second-order valence-corrected chi connectivity index (χ2v) is 2.84. The number of rotatable bonds is 3. The maximum atomic E-state index is 10.7. The molecular formula is C7H12ClNO2. The Morgan fingerprint density at radius 1 is 1.73 bits per heavy atom. The first kappa shape index (κ1) is 8.81. The summed E-state index contributed by atoms with van der Waals surface area (Å²) in [4.78, 5) is 10.7. The minimum Gasteiger partial charge on any atom is -0.376 e. The molecule has 0 aromatic carbocycles. The monoisotopic (exact) mass is 177 g/mol. The number of hydrogen-bond acceptors (Lipinski definition) is 2. The van der Waals surface area contributed by atoms with Crippen LogP contribution in [0.15, 0.2) is 0 Å². The van der Waals surface area contributed by atoms with Crippen LogP contribution in [0.25, 0.3) is 0 Å². The highest BCUT2D eigenvalue weighted by Gasteiger charge is 2.15. The maximum absolute atomic E-state index is 10.7. The van der Waals surface area contributed by atoms with Crippen molar-refractivity contribution in [2.75, 3.05) is 19.0 Å². The van der Waals surface area contributed by atoms with E-state index >= 15 is 0 Å². The molecule has 1 aliphatic heterocycles. The zero-order chi connectivity index (χ0) is 8.10. The van der Waals surface area contributed by atoms with Crippen LogP contribution >= 0.6 is 11.6 Å². The average Bonchev–Trinajstić information content (AvgIpc) is 2.52. The molecule has 1 aliphatic rings. The molecule has 0 saturated carbocycles. The fourth-order valence-electron chi connectivity index (χ4n) is 1.08. The summed E-state index contributed by atoms with van der Waals surface area (Å²) >= 11 is 5.28. The molecule has 0 spiro atoms. The molecule has 0 aliphatic carbocycles. The van der Waals surface area contributed by atoms with Crippen LogP contribution in [0.5, 0.6) is 0 Å². The first-order valence-corrected chi connectivity index (χ1v) is 4.30. The Kier molecular flexibility index (Phi) is 3.66. The van der Waals surface area contributed by atoms with E-state index in [4.69, 9.17) is 16.3 Å². The van der Waals surface area contributed by atoms with E-state index in [9.17, 15) is 4.79 Å².